The molecule has 0 bridgehead atoms. The van der Waals surface area contributed by atoms with Crippen LogP contribution in [0.4, 0.5) is 0 Å². The van der Waals surface area contributed by atoms with E-state index in [2.05, 4.69) is 226 Å². The second-order valence-corrected chi connectivity index (χ2v) is 15.0. The van der Waals surface area contributed by atoms with Crippen LogP contribution < -0.4 is 0 Å². The second-order valence-electron chi connectivity index (χ2n) is 15.0. The fraction of sp³-hybridized carbons (Fsp3) is 0. The number of para-hydroxylation sites is 5. The van der Waals surface area contributed by atoms with E-state index < -0.39 is 0 Å². The standard InChI is InChI=1S/C54H35N3/c1-7-20-50-43(14-1)44-15-2-8-21-51(44)56(50)41-13-11-12-39(34-41)38-26-24-36(25-27-38)37-28-30-40(31-29-37)55-49-19-6-5-18-47(49)48-33-32-42(35-54(48)55)57-52-22-9-3-16-45(52)46-17-4-10-23-53(46)57/h1-35H. The molecule has 0 saturated heterocycles. The van der Waals surface area contributed by atoms with Gasteiger partial charge in [-0.25, -0.2) is 0 Å². The van der Waals surface area contributed by atoms with Gasteiger partial charge in [0.2, 0.25) is 0 Å². The van der Waals surface area contributed by atoms with Crippen LogP contribution in [-0.4, -0.2) is 13.7 Å². The summed E-state index contributed by atoms with van der Waals surface area (Å²) in [6.07, 6.45) is 0. The van der Waals surface area contributed by atoms with Crippen LogP contribution in [0.25, 0.3) is 105 Å². The van der Waals surface area contributed by atoms with E-state index in [0.717, 1.165) is 17.1 Å². The quantitative estimate of drug-likeness (QED) is 0.168. The lowest BCUT2D eigenvalue weighted by Gasteiger charge is -2.12. The van der Waals surface area contributed by atoms with Crippen molar-refractivity contribution in [1.29, 1.82) is 0 Å². The molecule has 3 nitrogen and oxygen atoms in total. The van der Waals surface area contributed by atoms with E-state index in [4.69, 9.17) is 0 Å². The van der Waals surface area contributed by atoms with Crippen LogP contribution in [0.15, 0.2) is 212 Å². The molecule has 3 aromatic heterocycles. The first-order valence-electron chi connectivity index (χ1n) is 19.6. The Morgan fingerprint density at radius 3 is 0.982 bits per heavy atom. The molecule has 12 rings (SSSR count). The Kier molecular flexibility index (Phi) is 6.93. The van der Waals surface area contributed by atoms with Gasteiger partial charge in [-0.2, -0.15) is 0 Å². The zero-order valence-corrected chi connectivity index (χ0v) is 31.0. The monoisotopic (exact) mass is 725 g/mol. The molecule has 0 aliphatic heterocycles. The van der Waals surface area contributed by atoms with Gasteiger partial charge in [0.05, 0.1) is 33.1 Å². The van der Waals surface area contributed by atoms with Crippen molar-refractivity contribution in [3.63, 3.8) is 0 Å². The summed E-state index contributed by atoms with van der Waals surface area (Å²) in [5.41, 5.74) is 15.5. The first kappa shape index (κ1) is 31.7. The Morgan fingerprint density at radius 1 is 0.193 bits per heavy atom. The fourth-order valence-corrected chi connectivity index (χ4v) is 9.26. The van der Waals surface area contributed by atoms with Crippen molar-refractivity contribution in [2.45, 2.75) is 0 Å². The Morgan fingerprint density at radius 2 is 0.526 bits per heavy atom. The van der Waals surface area contributed by atoms with E-state index in [9.17, 15) is 0 Å². The van der Waals surface area contributed by atoms with E-state index >= 15 is 0 Å². The molecule has 0 aliphatic rings. The van der Waals surface area contributed by atoms with Gasteiger partial charge >= 0.3 is 0 Å². The van der Waals surface area contributed by atoms with Gasteiger partial charge in [-0.3, -0.25) is 0 Å². The summed E-state index contributed by atoms with van der Waals surface area (Å²) >= 11 is 0. The van der Waals surface area contributed by atoms with Crippen LogP contribution >= 0.6 is 0 Å². The zero-order valence-electron chi connectivity index (χ0n) is 31.0. The maximum Gasteiger partial charge on any atom is 0.0561 e. The number of nitrogens with zero attached hydrogens (tertiary/aromatic N) is 3. The summed E-state index contributed by atoms with van der Waals surface area (Å²) in [5.74, 6) is 0. The zero-order chi connectivity index (χ0) is 37.5. The van der Waals surface area contributed by atoms with E-state index in [0.29, 0.717) is 0 Å². The molecule has 0 N–H and O–H groups in total. The Labute approximate surface area is 329 Å². The molecule has 0 saturated carbocycles. The average Bonchev–Trinajstić information content (AvgIpc) is 3.92. The molecule has 0 fully saturated rings. The minimum atomic E-state index is 1.14. The lowest BCUT2D eigenvalue weighted by molar-refractivity contribution is 1.15. The fourth-order valence-electron chi connectivity index (χ4n) is 9.26. The van der Waals surface area contributed by atoms with Gasteiger partial charge < -0.3 is 13.7 Å². The summed E-state index contributed by atoms with van der Waals surface area (Å²) in [5, 5.41) is 7.59. The van der Waals surface area contributed by atoms with E-state index in [-0.39, 0.29) is 0 Å². The highest BCUT2D eigenvalue weighted by molar-refractivity contribution is 6.12. The number of fused-ring (bicyclic) bond motifs is 9. The van der Waals surface area contributed by atoms with Gasteiger partial charge in [-0.05, 0) is 89.0 Å². The summed E-state index contributed by atoms with van der Waals surface area (Å²) < 4.78 is 7.20. The molecule has 0 amide bonds. The lowest BCUT2D eigenvalue weighted by atomic mass is 10.00. The third kappa shape index (κ3) is 4.86. The Balaban J connectivity index is 0.909. The van der Waals surface area contributed by atoms with E-state index in [1.807, 2.05) is 0 Å². The number of rotatable bonds is 5. The van der Waals surface area contributed by atoms with Crippen molar-refractivity contribution in [2.24, 2.45) is 0 Å². The summed E-state index contributed by atoms with van der Waals surface area (Å²) in [6.45, 7) is 0. The van der Waals surface area contributed by atoms with Crippen LogP contribution in [0.2, 0.25) is 0 Å². The number of hydrogen-bond donors (Lipinski definition) is 0. The third-order valence-electron chi connectivity index (χ3n) is 11.9. The molecular weight excluding hydrogens is 691 g/mol. The minimum Gasteiger partial charge on any atom is -0.309 e. The minimum absolute atomic E-state index is 1.14. The molecular formula is C54H35N3. The highest BCUT2D eigenvalue weighted by Gasteiger charge is 2.17. The van der Waals surface area contributed by atoms with Gasteiger partial charge in [0.15, 0.2) is 0 Å². The molecule has 57 heavy (non-hydrogen) atoms. The first-order valence-corrected chi connectivity index (χ1v) is 19.6. The maximum atomic E-state index is 2.42. The molecule has 0 aliphatic carbocycles. The van der Waals surface area contributed by atoms with Crippen LogP contribution in [0, 0.1) is 0 Å². The molecule has 0 spiro atoms. The van der Waals surface area contributed by atoms with Crippen molar-refractivity contribution in [1.82, 2.24) is 13.7 Å². The van der Waals surface area contributed by atoms with Crippen LogP contribution in [-0.2, 0) is 0 Å². The van der Waals surface area contributed by atoms with E-state index in [1.165, 1.54) is 87.7 Å². The maximum absolute atomic E-state index is 2.42. The topological polar surface area (TPSA) is 14.8 Å². The Hall–Kier alpha value is -7.62. The van der Waals surface area contributed by atoms with Crippen LogP contribution in [0.3, 0.4) is 0 Å². The van der Waals surface area contributed by atoms with Crippen LogP contribution in [0.5, 0.6) is 0 Å². The molecule has 0 radical (unpaired) electrons. The molecule has 3 heterocycles. The molecule has 0 unspecified atom stereocenters. The van der Waals surface area contributed by atoms with Crippen molar-refractivity contribution in [3.8, 4) is 39.3 Å². The lowest BCUT2D eigenvalue weighted by Crippen LogP contribution is -1.97. The third-order valence-corrected chi connectivity index (χ3v) is 11.9. The van der Waals surface area contributed by atoms with Crippen molar-refractivity contribution in [3.05, 3.63) is 212 Å². The molecule has 12 aromatic rings. The number of benzene rings is 9. The largest absolute Gasteiger partial charge is 0.309 e. The summed E-state index contributed by atoms with van der Waals surface area (Å²) in [4.78, 5) is 0. The van der Waals surface area contributed by atoms with Gasteiger partial charge in [-0.15, -0.1) is 0 Å². The molecule has 266 valence electrons. The van der Waals surface area contributed by atoms with Gasteiger partial charge in [0.25, 0.3) is 0 Å². The first-order chi connectivity index (χ1) is 28.3. The summed E-state index contributed by atoms with van der Waals surface area (Å²) in [7, 11) is 0. The van der Waals surface area contributed by atoms with Crippen LogP contribution in [0.1, 0.15) is 0 Å². The predicted octanol–water partition coefficient (Wildman–Crippen LogP) is 14.3. The summed E-state index contributed by atoms with van der Waals surface area (Å²) in [6, 6.07) is 77.4. The molecule has 9 aromatic carbocycles. The average molecular weight is 726 g/mol. The van der Waals surface area contributed by atoms with Gasteiger partial charge in [-0.1, -0.05) is 146 Å². The SMILES string of the molecule is c1cc(-c2ccc(-c3ccc(-n4c5ccccc5c5ccc(-n6c7ccccc7c7ccccc76)cc54)cc3)cc2)cc(-n2c3ccccc3c3ccccc32)c1. The molecule has 0 atom stereocenters. The van der Waals surface area contributed by atoms with Crippen molar-refractivity contribution < 1.29 is 0 Å². The van der Waals surface area contributed by atoms with Crippen molar-refractivity contribution >= 4 is 65.4 Å². The van der Waals surface area contributed by atoms with Gasteiger partial charge in [0.1, 0.15) is 0 Å². The predicted molar refractivity (Wildman–Crippen MR) is 240 cm³/mol. The van der Waals surface area contributed by atoms with Crippen molar-refractivity contribution in [2.75, 3.05) is 0 Å². The second kappa shape index (κ2) is 12.5. The molecule has 3 heteroatoms. The smallest absolute Gasteiger partial charge is 0.0561 e. The highest BCUT2D eigenvalue weighted by Crippen LogP contribution is 2.38. The number of hydrogen-bond acceptors (Lipinski definition) is 0. The van der Waals surface area contributed by atoms with Gasteiger partial charge in [0, 0.05) is 49.4 Å². The Bertz CT molecular complexity index is 3400. The number of aromatic nitrogens is 3. The van der Waals surface area contributed by atoms with E-state index in [1.54, 1.807) is 0 Å². The normalized spacial score (nSPS) is 11.9. The highest BCUT2D eigenvalue weighted by atomic mass is 15.0.